The summed E-state index contributed by atoms with van der Waals surface area (Å²) in [6.45, 7) is 5.71. The number of hydrogen-bond acceptors (Lipinski definition) is 2. The Morgan fingerprint density at radius 2 is 2.09 bits per heavy atom. The molecule has 1 aliphatic heterocycles. The molecule has 1 unspecified atom stereocenters. The smallest absolute Gasteiger partial charge is 0.0275 e. The molecule has 1 atom stereocenters. The quantitative estimate of drug-likeness (QED) is 0.626. The molecule has 11 heavy (non-hydrogen) atoms. The summed E-state index contributed by atoms with van der Waals surface area (Å²) in [6.07, 6.45) is 4.03. The van der Waals surface area contributed by atoms with Crippen molar-refractivity contribution in [3.8, 4) is 0 Å². The van der Waals surface area contributed by atoms with Crippen LogP contribution in [0.2, 0.25) is 0 Å². The molecular formula is C9H20N2. The summed E-state index contributed by atoms with van der Waals surface area (Å²) in [6, 6.07) is 0.654. The Kier molecular flexibility index (Phi) is 2.90. The molecule has 1 rings (SSSR count). The van der Waals surface area contributed by atoms with E-state index < -0.39 is 0 Å². The van der Waals surface area contributed by atoms with Gasteiger partial charge in [-0.05, 0) is 40.3 Å². The van der Waals surface area contributed by atoms with Gasteiger partial charge < -0.3 is 10.6 Å². The lowest BCUT2D eigenvalue weighted by Crippen LogP contribution is -2.56. The average molecular weight is 156 g/mol. The molecular weight excluding hydrogens is 136 g/mol. The summed E-state index contributed by atoms with van der Waals surface area (Å²) in [5.74, 6) is 0. The Balaban J connectivity index is 2.43. The highest BCUT2D eigenvalue weighted by atomic mass is 15.0. The summed E-state index contributed by atoms with van der Waals surface area (Å²) in [5.41, 5.74) is 0.250. The maximum absolute atomic E-state index is 3.55. The first-order valence-corrected chi connectivity index (χ1v) is 4.59. The fourth-order valence-electron chi connectivity index (χ4n) is 1.64. The zero-order valence-electron chi connectivity index (χ0n) is 7.91. The third-order valence-electron chi connectivity index (χ3n) is 2.83. The van der Waals surface area contributed by atoms with Gasteiger partial charge in [-0.2, -0.15) is 0 Å². The number of nitrogens with one attached hydrogen (secondary N) is 2. The predicted octanol–water partition coefficient (Wildman–Crippen LogP) is 1.13. The minimum Gasteiger partial charge on any atom is -0.313 e. The standard InChI is InChI=1S/C9H20N2/c1-9(2,10-3)8-6-4-5-7-11-8/h8,10-11H,4-7H2,1-3H3. The van der Waals surface area contributed by atoms with Crippen LogP contribution in [0.4, 0.5) is 0 Å². The van der Waals surface area contributed by atoms with E-state index in [-0.39, 0.29) is 5.54 Å². The Bertz CT molecular complexity index is 115. The fourth-order valence-corrected chi connectivity index (χ4v) is 1.64. The first-order valence-electron chi connectivity index (χ1n) is 4.59. The van der Waals surface area contributed by atoms with Gasteiger partial charge in [0.2, 0.25) is 0 Å². The van der Waals surface area contributed by atoms with Gasteiger partial charge in [-0.1, -0.05) is 6.42 Å². The molecule has 0 aromatic rings. The van der Waals surface area contributed by atoms with Crippen LogP contribution in [-0.2, 0) is 0 Å². The number of rotatable bonds is 2. The molecule has 0 aromatic heterocycles. The van der Waals surface area contributed by atoms with E-state index in [1.807, 2.05) is 7.05 Å². The maximum Gasteiger partial charge on any atom is 0.0275 e. The van der Waals surface area contributed by atoms with E-state index in [1.54, 1.807) is 0 Å². The summed E-state index contributed by atoms with van der Waals surface area (Å²) in [7, 11) is 2.04. The lowest BCUT2D eigenvalue weighted by Gasteiger charge is -2.37. The van der Waals surface area contributed by atoms with Crippen molar-refractivity contribution in [3.63, 3.8) is 0 Å². The van der Waals surface area contributed by atoms with Gasteiger partial charge in [-0.3, -0.25) is 0 Å². The van der Waals surface area contributed by atoms with Crippen LogP contribution in [0.25, 0.3) is 0 Å². The number of likely N-dealkylation sites (N-methyl/N-ethyl adjacent to an activating group) is 1. The molecule has 1 aliphatic rings. The van der Waals surface area contributed by atoms with E-state index in [9.17, 15) is 0 Å². The molecule has 2 heteroatoms. The Morgan fingerprint density at radius 3 is 2.55 bits per heavy atom. The minimum absolute atomic E-state index is 0.250. The van der Waals surface area contributed by atoms with Crippen LogP contribution in [0.15, 0.2) is 0 Å². The lowest BCUT2D eigenvalue weighted by atomic mass is 9.88. The van der Waals surface area contributed by atoms with E-state index in [4.69, 9.17) is 0 Å². The SMILES string of the molecule is CNC(C)(C)C1CCCCN1. The molecule has 0 radical (unpaired) electrons. The van der Waals surface area contributed by atoms with Gasteiger partial charge >= 0.3 is 0 Å². The van der Waals surface area contributed by atoms with Crippen molar-refractivity contribution >= 4 is 0 Å². The molecule has 0 spiro atoms. The van der Waals surface area contributed by atoms with Gasteiger partial charge in [0.25, 0.3) is 0 Å². The Labute approximate surface area is 69.8 Å². The summed E-state index contributed by atoms with van der Waals surface area (Å²) >= 11 is 0. The molecule has 0 aliphatic carbocycles. The first kappa shape index (κ1) is 9.01. The van der Waals surface area contributed by atoms with Crippen molar-refractivity contribution in [2.45, 2.75) is 44.7 Å². The second-order valence-electron chi connectivity index (χ2n) is 3.97. The van der Waals surface area contributed by atoms with Crippen molar-refractivity contribution in [3.05, 3.63) is 0 Å². The maximum atomic E-state index is 3.55. The largest absolute Gasteiger partial charge is 0.313 e. The van der Waals surface area contributed by atoms with E-state index in [0.29, 0.717) is 6.04 Å². The summed E-state index contributed by atoms with van der Waals surface area (Å²) in [5, 5.41) is 6.90. The molecule has 0 saturated carbocycles. The van der Waals surface area contributed by atoms with Gasteiger partial charge in [-0.15, -0.1) is 0 Å². The summed E-state index contributed by atoms with van der Waals surface area (Å²) < 4.78 is 0. The molecule has 1 heterocycles. The zero-order valence-corrected chi connectivity index (χ0v) is 7.91. The minimum atomic E-state index is 0.250. The van der Waals surface area contributed by atoms with Crippen molar-refractivity contribution in [1.82, 2.24) is 10.6 Å². The zero-order chi connectivity index (χ0) is 8.32. The molecule has 66 valence electrons. The number of hydrogen-bond donors (Lipinski definition) is 2. The molecule has 1 fully saturated rings. The number of piperidine rings is 1. The van der Waals surface area contributed by atoms with Crippen LogP contribution in [0.5, 0.6) is 0 Å². The lowest BCUT2D eigenvalue weighted by molar-refractivity contribution is 0.249. The van der Waals surface area contributed by atoms with Crippen LogP contribution < -0.4 is 10.6 Å². The van der Waals surface area contributed by atoms with Crippen LogP contribution in [0.1, 0.15) is 33.1 Å². The highest BCUT2D eigenvalue weighted by molar-refractivity contribution is 4.91. The first-order chi connectivity index (χ1) is 5.17. The van der Waals surface area contributed by atoms with Crippen LogP contribution >= 0.6 is 0 Å². The molecule has 0 aromatic carbocycles. The third-order valence-corrected chi connectivity index (χ3v) is 2.83. The van der Waals surface area contributed by atoms with Crippen LogP contribution in [0.3, 0.4) is 0 Å². The Hall–Kier alpha value is -0.0800. The van der Waals surface area contributed by atoms with Crippen molar-refractivity contribution in [2.24, 2.45) is 0 Å². The Morgan fingerprint density at radius 1 is 1.36 bits per heavy atom. The normalized spacial score (nSPS) is 27.0. The third kappa shape index (κ3) is 2.17. The molecule has 2 nitrogen and oxygen atoms in total. The second kappa shape index (κ2) is 3.55. The van der Waals surface area contributed by atoms with Crippen molar-refractivity contribution in [1.29, 1.82) is 0 Å². The van der Waals surface area contributed by atoms with Gasteiger partial charge in [0.05, 0.1) is 0 Å². The van der Waals surface area contributed by atoms with Crippen molar-refractivity contribution < 1.29 is 0 Å². The van der Waals surface area contributed by atoms with E-state index in [0.717, 1.165) is 0 Å². The highest BCUT2D eigenvalue weighted by Crippen LogP contribution is 2.17. The molecule has 1 saturated heterocycles. The monoisotopic (exact) mass is 156 g/mol. The average Bonchev–Trinajstić information content (AvgIpc) is 2.06. The topological polar surface area (TPSA) is 24.1 Å². The fraction of sp³-hybridized carbons (Fsp3) is 1.00. The van der Waals surface area contributed by atoms with Gasteiger partial charge in [-0.25, -0.2) is 0 Å². The summed E-state index contributed by atoms with van der Waals surface area (Å²) in [4.78, 5) is 0. The van der Waals surface area contributed by atoms with Crippen molar-refractivity contribution in [2.75, 3.05) is 13.6 Å². The van der Waals surface area contributed by atoms with Gasteiger partial charge in [0.1, 0.15) is 0 Å². The van der Waals surface area contributed by atoms with Crippen LogP contribution in [-0.4, -0.2) is 25.2 Å². The van der Waals surface area contributed by atoms with E-state index in [1.165, 1.54) is 25.8 Å². The predicted molar refractivity (Wildman–Crippen MR) is 48.8 cm³/mol. The second-order valence-corrected chi connectivity index (χ2v) is 3.97. The molecule has 0 bridgehead atoms. The molecule has 0 amide bonds. The van der Waals surface area contributed by atoms with Crippen LogP contribution in [0, 0.1) is 0 Å². The van der Waals surface area contributed by atoms with Gasteiger partial charge in [0.15, 0.2) is 0 Å². The molecule has 2 N–H and O–H groups in total. The van der Waals surface area contributed by atoms with E-state index in [2.05, 4.69) is 24.5 Å². The highest BCUT2D eigenvalue weighted by Gasteiger charge is 2.28. The van der Waals surface area contributed by atoms with E-state index >= 15 is 0 Å². The van der Waals surface area contributed by atoms with Gasteiger partial charge in [0, 0.05) is 11.6 Å².